The van der Waals surface area contributed by atoms with Crippen LogP contribution in [-0.4, -0.2) is 28.4 Å². The number of rotatable bonds is 5. The number of unbranched alkanes of at least 4 members (excludes halogenated alkanes) is 1. The topological polar surface area (TPSA) is 46.9 Å². The van der Waals surface area contributed by atoms with Crippen LogP contribution in [0.5, 0.6) is 0 Å². The molecule has 7 heteroatoms. The third-order valence-electron chi connectivity index (χ3n) is 2.06. The van der Waals surface area contributed by atoms with Crippen molar-refractivity contribution in [3.05, 3.63) is 18.0 Å². The Kier molecular flexibility index (Phi) is 4.53. The van der Waals surface area contributed by atoms with Gasteiger partial charge in [0.25, 0.3) is 5.91 Å². The van der Waals surface area contributed by atoms with E-state index in [1.165, 1.54) is 6.07 Å². The second-order valence-corrected chi connectivity index (χ2v) is 3.62. The monoisotopic (exact) mass is 249 g/mol. The first-order valence-electron chi connectivity index (χ1n) is 5.31. The molecule has 0 fully saturated rings. The van der Waals surface area contributed by atoms with Gasteiger partial charge in [-0.25, -0.2) is 0 Å². The van der Waals surface area contributed by atoms with Crippen molar-refractivity contribution in [1.82, 2.24) is 15.1 Å². The molecule has 0 aliphatic heterocycles. The van der Waals surface area contributed by atoms with Gasteiger partial charge >= 0.3 is 6.18 Å². The Morgan fingerprint density at radius 1 is 1.53 bits per heavy atom. The third-order valence-corrected chi connectivity index (χ3v) is 2.06. The summed E-state index contributed by atoms with van der Waals surface area (Å²) in [5.74, 6) is -0.808. The minimum Gasteiger partial charge on any atom is -0.342 e. The van der Waals surface area contributed by atoms with E-state index in [1.54, 1.807) is 16.2 Å². The molecule has 0 unspecified atom stereocenters. The molecule has 0 aromatic carbocycles. The van der Waals surface area contributed by atoms with Crippen molar-refractivity contribution in [2.45, 2.75) is 32.5 Å². The van der Waals surface area contributed by atoms with Crippen LogP contribution < -0.4 is 5.32 Å². The van der Waals surface area contributed by atoms with Crippen LogP contribution in [0.4, 0.5) is 13.2 Å². The quantitative estimate of drug-likeness (QED) is 0.867. The molecule has 4 nitrogen and oxygen atoms in total. The predicted molar refractivity (Wildman–Crippen MR) is 55.5 cm³/mol. The molecule has 0 saturated carbocycles. The molecule has 0 atom stereocenters. The van der Waals surface area contributed by atoms with E-state index in [9.17, 15) is 18.0 Å². The van der Waals surface area contributed by atoms with Crippen LogP contribution in [0.2, 0.25) is 0 Å². The summed E-state index contributed by atoms with van der Waals surface area (Å²) in [6.45, 7) is 1.33. The van der Waals surface area contributed by atoms with E-state index >= 15 is 0 Å². The van der Waals surface area contributed by atoms with E-state index in [0.717, 1.165) is 12.8 Å². The second-order valence-electron chi connectivity index (χ2n) is 3.62. The summed E-state index contributed by atoms with van der Waals surface area (Å²) in [4.78, 5) is 11.3. The van der Waals surface area contributed by atoms with Crippen molar-refractivity contribution in [3.8, 4) is 0 Å². The highest BCUT2D eigenvalue weighted by Gasteiger charge is 2.28. The Labute approximate surface area is 96.8 Å². The fourth-order valence-corrected chi connectivity index (χ4v) is 1.20. The lowest BCUT2D eigenvalue weighted by Gasteiger charge is -2.06. The van der Waals surface area contributed by atoms with E-state index in [-0.39, 0.29) is 5.69 Å². The van der Waals surface area contributed by atoms with Gasteiger partial charge < -0.3 is 5.32 Å². The zero-order valence-electron chi connectivity index (χ0n) is 9.42. The lowest BCUT2D eigenvalue weighted by molar-refractivity contribution is -0.123. The number of nitrogens with one attached hydrogen (secondary N) is 1. The molecule has 0 saturated heterocycles. The maximum Gasteiger partial charge on any atom is 0.405 e. The molecule has 0 bridgehead atoms. The number of nitrogens with zero attached hydrogens (tertiary/aromatic N) is 2. The minimum atomic E-state index is -4.40. The Balaban J connectivity index is 2.49. The smallest absolute Gasteiger partial charge is 0.342 e. The SMILES string of the molecule is CCCCn1ccc(C(=O)NCC(F)(F)F)n1. The second kappa shape index (κ2) is 5.70. The number of alkyl halides is 3. The molecule has 0 radical (unpaired) electrons. The first kappa shape index (κ1) is 13.5. The lowest BCUT2D eigenvalue weighted by Crippen LogP contribution is -2.34. The molecule has 0 aliphatic rings. The highest BCUT2D eigenvalue weighted by atomic mass is 19.4. The Bertz CT molecular complexity index is 373. The summed E-state index contributed by atoms with van der Waals surface area (Å²) in [5, 5.41) is 5.65. The van der Waals surface area contributed by atoms with Gasteiger partial charge in [0.05, 0.1) is 0 Å². The van der Waals surface area contributed by atoms with Crippen LogP contribution in [0.1, 0.15) is 30.3 Å². The Morgan fingerprint density at radius 3 is 2.82 bits per heavy atom. The number of carbonyl (C=O) groups excluding carboxylic acids is 1. The summed E-state index contributed by atoms with van der Waals surface area (Å²) in [7, 11) is 0. The fourth-order valence-electron chi connectivity index (χ4n) is 1.20. The number of aryl methyl sites for hydroxylation is 1. The van der Waals surface area contributed by atoms with Crippen molar-refractivity contribution >= 4 is 5.91 Å². The standard InChI is InChI=1S/C10H14F3N3O/c1-2-3-5-16-6-4-8(15-16)9(17)14-7-10(11,12)13/h4,6H,2-3,5,7H2,1H3,(H,14,17). The summed E-state index contributed by atoms with van der Waals surface area (Å²) in [5.41, 5.74) is 0.00496. The highest BCUT2D eigenvalue weighted by molar-refractivity contribution is 5.92. The molecule has 0 spiro atoms. The average molecular weight is 249 g/mol. The number of hydrogen-bond acceptors (Lipinski definition) is 2. The first-order valence-corrected chi connectivity index (χ1v) is 5.31. The fraction of sp³-hybridized carbons (Fsp3) is 0.600. The Hall–Kier alpha value is -1.53. The van der Waals surface area contributed by atoms with Gasteiger partial charge in [-0.15, -0.1) is 0 Å². The Morgan fingerprint density at radius 2 is 2.24 bits per heavy atom. The van der Waals surface area contributed by atoms with Gasteiger partial charge in [-0.3, -0.25) is 9.48 Å². The molecule has 1 aromatic rings. The van der Waals surface area contributed by atoms with Gasteiger partial charge in [-0.05, 0) is 12.5 Å². The summed E-state index contributed by atoms with van der Waals surface area (Å²) in [6.07, 6.45) is -0.931. The van der Waals surface area contributed by atoms with Crippen molar-refractivity contribution in [2.24, 2.45) is 0 Å². The van der Waals surface area contributed by atoms with Gasteiger partial charge in [0, 0.05) is 12.7 Å². The number of carbonyl (C=O) groups is 1. The number of hydrogen-bond donors (Lipinski definition) is 1. The van der Waals surface area contributed by atoms with Gasteiger partial charge in [-0.2, -0.15) is 18.3 Å². The van der Waals surface area contributed by atoms with Crippen LogP contribution >= 0.6 is 0 Å². The van der Waals surface area contributed by atoms with Crippen LogP contribution in [0.25, 0.3) is 0 Å². The van der Waals surface area contributed by atoms with Crippen molar-refractivity contribution in [2.75, 3.05) is 6.54 Å². The predicted octanol–water partition coefficient (Wildman–Crippen LogP) is 1.98. The lowest BCUT2D eigenvalue weighted by atomic mass is 10.3. The van der Waals surface area contributed by atoms with E-state index in [4.69, 9.17) is 0 Å². The molecule has 1 heterocycles. The summed E-state index contributed by atoms with van der Waals surface area (Å²) < 4.78 is 37.1. The maximum atomic E-state index is 11.9. The summed E-state index contributed by atoms with van der Waals surface area (Å²) >= 11 is 0. The molecule has 1 aromatic heterocycles. The van der Waals surface area contributed by atoms with Crippen molar-refractivity contribution < 1.29 is 18.0 Å². The number of amides is 1. The molecule has 96 valence electrons. The zero-order valence-corrected chi connectivity index (χ0v) is 9.42. The van der Waals surface area contributed by atoms with Gasteiger partial charge in [-0.1, -0.05) is 13.3 Å². The van der Waals surface area contributed by atoms with Gasteiger partial charge in [0.1, 0.15) is 12.2 Å². The summed E-state index contributed by atoms with van der Waals surface area (Å²) in [6, 6.07) is 1.40. The number of halogens is 3. The average Bonchev–Trinajstić information content (AvgIpc) is 2.70. The van der Waals surface area contributed by atoms with Gasteiger partial charge in [0.2, 0.25) is 0 Å². The molecule has 1 amide bonds. The van der Waals surface area contributed by atoms with E-state index in [1.807, 2.05) is 6.92 Å². The van der Waals surface area contributed by atoms with Crippen molar-refractivity contribution in [1.29, 1.82) is 0 Å². The maximum absolute atomic E-state index is 11.9. The van der Waals surface area contributed by atoms with Crippen LogP contribution in [0, 0.1) is 0 Å². The third kappa shape index (κ3) is 4.88. The highest BCUT2D eigenvalue weighted by Crippen LogP contribution is 2.12. The van der Waals surface area contributed by atoms with E-state index in [0.29, 0.717) is 6.54 Å². The molecular weight excluding hydrogens is 235 g/mol. The zero-order chi connectivity index (χ0) is 12.9. The molecule has 1 rings (SSSR count). The number of aromatic nitrogens is 2. The molecular formula is C10H14F3N3O. The van der Waals surface area contributed by atoms with Crippen LogP contribution in [-0.2, 0) is 6.54 Å². The largest absolute Gasteiger partial charge is 0.405 e. The molecule has 0 aliphatic carbocycles. The first-order chi connectivity index (χ1) is 7.92. The van der Waals surface area contributed by atoms with E-state index in [2.05, 4.69) is 5.10 Å². The molecule has 17 heavy (non-hydrogen) atoms. The molecule has 1 N–H and O–H groups in total. The normalized spacial score (nSPS) is 11.5. The van der Waals surface area contributed by atoms with Gasteiger partial charge in [0.15, 0.2) is 0 Å². The van der Waals surface area contributed by atoms with Crippen LogP contribution in [0.15, 0.2) is 12.3 Å². The minimum absolute atomic E-state index is 0.00496. The van der Waals surface area contributed by atoms with E-state index < -0.39 is 18.6 Å². The van der Waals surface area contributed by atoms with Crippen molar-refractivity contribution in [3.63, 3.8) is 0 Å². The van der Waals surface area contributed by atoms with Crippen LogP contribution in [0.3, 0.4) is 0 Å².